The van der Waals surface area contributed by atoms with E-state index in [-0.39, 0.29) is 12.4 Å². The van der Waals surface area contributed by atoms with E-state index >= 15 is 0 Å². The minimum Gasteiger partial charge on any atom is -0.396 e. The van der Waals surface area contributed by atoms with Gasteiger partial charge in [-0.15, -0.1) is 0 Å². The Morgan fingerprint density at radius 3 is 2.43 bits per heavy atom. The van der Waals surface area contributed by atoms with E-state index in [1.54, 1.807) is 0 Å². The van der Waals surface area contributed by atoms with Gasteiger partial charge in [0.25, 0.3) is 0 Å². The number of nitrogens with one attached hydrogen (secondary N) is 1. The summed E-state index contributed by atoms with van der Waals surface area (Å²) >= 11 is 0. The number of unbranched alkanes of at least 4 members (excludes halogenated alkanes) is 1. The highest BCUT2D eigenvalue weighted by molar-refractivity contribution is 7.89. The van der Waals surface area contributed by atoms with Crippen molar-refractivity contribution < 1.29 is 13.5 Å². The number of hydrogen-bond acceptors (Lipinski definition) is 3. The first-order valence-corrected chi connectivity index (χ1v) is 6.71. The van der Waals surface area contributed by atoms with Crippen molar-refractivity contribution >= 4 is 10.0 Å². The van der Waals surface area contributed by atoms with E-state index in [1.165, 1.54) is 0 Å². The third-order valence-electron chi connectivity index (χ3n) is 1.86. The molecule has 14 heavy (non-hydrogen) atoms. The standard InChI is InChI=1S/C9H21NO3S/c1-9(2)5-6-10-14(12,13)8-4-3-7-11/h9-11H,3-8H2,1-2H3. The number of hydrogen-bond donors (Lipinski definition) is 2. The molecule has 0 aliphatic rings. The van der Waals surface area contributed by atoms with Crippen LogP contribution in [0.4, 0.5) is 0 Å². The maximum absolute atomic E-state index is 11.3. The van der Waals surface area contributed by atoms with Crippen molar-refractivity contribution in [2.45, 2.75) is 33.1 Å². The van der Waals surface area contributed by atoms with E-state index in [1.807, 2.05) is 0 Å². The molecule has 0 saturated heterocycles. The summed E-state index contributed by atoms with van der Waals surface area (Å²) in [5, 5.41) is 8.50. The molecule has 0 aliphatic heterocycles. The molecule has 0 rings (SSSR count). The van der Waals surface area contributed by atoms with Crippen molar-refractivity contribution in [1.82, 2.24) is 4.72 Å². The third kappa shape index (κ3) is 8.47. The minimum atomic E-state index is -3.11. The second-order valence-corrected chi connectivity index (χ2v) is 5.75. The van der Waals surface area contributed by atoms with E-state index in [4.69, 9.17) is 5.11 Å². The van der Waals surface area contributed by atoms with E-state index in [2.05, 4.69) is 18.6 Å². The van der Waals surface area contributed by atoms with Crippen LogP contribution in [0.3, 0.4) is 0 Å². The van der Waals surface area contributed by atoms with Crippen molar-refractivity contribution in [2.24, 2.45) is 5.92 Å². The molecule has 0 saturated carbocycles. The van der Waals surface area contributed by atoms with E-state index in [9.17, 15) is 8.42 Å². The van der Waals surface area contributed by atoms with Crippen molar-refractivity contribution in [3.05, 3.63) is 0 Å². The van der Waals surface area contributed by atoms with Crippen molar-refractivity contribution in [2.75, 3.05) is 18.9 Å². The summed E-state index contributed by atoms with van der Waals surface area (Å²) < 4.78 is 25.1. The molecule has 0 heterocycles. The largest absolute Gasteiger partial charge is 0.396 e. The molecule has 0 amide bonds. The molecule has 0 aromatic heterocycles. The lowest BCUT2D eigenvalue weighted by Crippen LogP contribution is -2.28. The van der Waals surface area contributed by atoms with Gasteiger partial charge in [0.15, 0.2) is 0 Å². The van der Waals surface area contributed by atoms with Crippen molar-refractivity contribution in [3.63, 3.8) is 0 Å². The Kier molecular flexibility index (Phi) is 7.13. The van der Waals surface area contributed by atoms with Gasteiger partial charge in [0.2, 0.25) is 10.0 Å². The maximum Gasteiger partial charge on any atom is 0.211 e. The highest BCUT2D eigenvalue weighted by atomic mass is 32.2. The Bertz CT molecular complexity index is 224. The number of rotatable bonds is 8. The van der Waals surface area contributed by atoms with Crippen molar-refractivity contribution in [3.8, 4) is 0 Å². The quantitative estimate of drug-likeness (QED) is 0.596. The van der Waals surface area contributed by atoms with E-state index in [0.717, 1.165) is 6.42 Å². The van der Waals surface area contributed by atoms with Crippen molar-refractivity contribution in [1.29, 1.82) is 0 Å². The monoisotopic (exact) mass is 223 g/mol. The number of sulfonamides is 1. The summed E-state index contributed by atoms with van der Waals surface area (Å²) in [6, 6.07) is 0. The van der Waals surface area contributed by atoms with Crippen LogP contribution in [0.2, 0.25) is 0 Å². The zero-order chi connectivity index (χ0) is 11.0. The van der Waals surface area contributed by atoms with Crippen LogP contribution >= 0.6 is 0 Å². The van der Waals surface area contributed by atoms with Crippen LogP contribution in [0.15, 0.2) is 0 Å². The SMILES string of the molecule is CC(C)CCNS(=O)(=O)CCCCO. The van der Waals surface area contributed by atoms with Gasteiger partial charge in [0, 0.05) is 13.2 Å². The molecule has 2 N–H and O–H groups in total. The molecule has 0 atom stereocenters. The summed E-state index contributed by atoms with van der Waals surface area (Å²) in [7, 11) is -3.11. The minimum absolute atomic E-state index is 0.0571. The molecular weight excluding hydrogens is 202 g/mol. The summed E-state index contributed by atoms with van der Waals surface area (Å²) in [5.41, 5.74) is 0. The molecule has 0 radical (unpaired) electrons. The highest BCUT2D eigenvalue weighted by Gasteiger charge is 2.08. The van der Waals surface area contributed by atoms with Gasteiger partial charge in [-0.1, -0.05) is 13.8 Å². The third-order valence-corrected chi connectivity index (χ3v) is 3.33. The van der Waals surface area contributed by atoms with Gasteiger partial charge in [0.1, 0.15) is 0 Å². The molecule has 86 valence electrons. The Morgan fingerprint density at radius 2 is 1.93 bits per heavy atom. The van der Waals surface area contributed by atoms with Gasteiger partial charge in [-0.25, -0.2) is 13.1 Å². The first-order chi connectivity index (χ1) is 6.48. The Labute approximate surface area is 86.8 Å². The van der Waals surface area contributed by atoms with Gasteiger partial charge in [-0.2, -0.15) is 0 Å². The van der Waals surface area contributed by atoms with Gasteiger partial charge >= 0.3 is 0 Å². The fourth-order valence-corrected chi connectivity index (χ4v) is 2.14. The molecule has 0 aromatic carbocycles. The topological polar surface area (TPSA) is 66.4 Å². The molecule has 0 bridgehead atoms. The van der Waals surface area contributed by atoms with Gasteiger partial charge in [0.05, 0.1) is 5.75 Å². The zero-order valence-electron chi connectivity index (χ0n) is 8.99. The summed E-state index contributed by atoms with van der Waals surface area (Å²) in [6.07, 6.45) is 1.93. The molecule has 5 heteroatoms. The lowest BCUT2D eigenvalue weighted by molar-refractivity contribution is 0.287. The van der Waals surface area contributed by atoms with E-state index in [0.29, 0.717) is 25.3 Å². The van der Waals surface area contributed by atoms with Gasteiger partial charge in [-0.05, 0) is 25.2 Å². The second-order valence-electron chi connectivity index (χ2n) is 3.83. The van der Waals surface area contributed by atoms with Crippen LogP contribution in [0, 0.1) is 5.92 Å². The summed E-state index contributed by atoms with van der Waals surface area (Å²) in [6.45, 7) is 4.68. The zero-order valence-corrected chi connectivity index (χ0v) is 9.81. The molecule has 4 nitrogen and oxygen atoms in total. The Hall–Kier alpha value is -0.130. The van der Waals surface area contributed by atoms with Gasteiger partial charge < -0.3 is 5.11 Å². The fourth-order valence-electron chi connectivity index (χ4n) is 0.979. The van der Waals surface area contributed by atoms with E-state index < -0.39 is 10.0 Å². The average molecular weight is 223 g/mol. The lowest BCUT2D eigenvalue weighted by Gasteiger charge is -2.07. The summed E-state index contributed by atoms with van der Waals surface area (Å²) in [5.74, 6) is 0.626. The number of aliphatic hydroxyl groups excluding tert-OH is 1. The van der Waals surface area contributed by atoms with Crippen LogP contribution in [0.5, 0.6) is 0 Å². The van der Waals surface area contributed by atoms with Crippen LogP contribution in [-0.2, 0) is 10.0 Å². The Morgan fingerprint density at radius 1 is 1.29 bits per heavy atom. The maximum atomic E-state index is 11.3. The smallest absolute Gasteiger partial charge is 0.211 e. The predicted molar refractivity (Wildman–Crippen MR) is 57.6 cm³/mol. The molecule has 0 aliphatic carbocycles. The Balaban J connectivity index is 3.62. The highest BCUT2D eigenvalue weighted by Crippen LogP contribution is 1.99. The normalized spacial score (nSPS) is 12.3. The van der Waals surface area contributed by atoms with Crippen LogP contribution in [-0.4, -0.2) is 32.4 Å². The fraction of sp³-hybridized carbons (Fsp3) is 1.00. The van der Waals surface area contributed by atoms with Crippen LogP contribution in [0.25, 0.3) is 0 Å². The molecule has 0 spiro atoms. The predicted octanol–water partition coefficient (Wildman–Crippen LogP) is 0.724. The van der Waals surface area contributed by atoms with Crippen LogP contribution in [0.1, 0.15) is 33.1 Å². The number of aliphatic hydroxyl groups is 1. The lowest BCUT2D eigenvalue weighted by atomic mass is 10.1. The summed E-state index contributed by atoms with van der Waals surface area (Å²) in [4.78, 5) is 0. The van der Waals surface area contributed by atoms with Gasteiger partial charge in [-0.3, -0.25) is 0 Å². The molecule has 0 fully saturated rings. The molecule has 0 unspecified atom stereocenters. The second kappa shape index (κ2) is 7.20. The average Bonchev–Trinajstić information content (AvgIpc) is 2.03. The molecule has 0 aromatic rings. The first kappa shape index (κ1) is 13.9. The first-order valence-electron chi connectivity index (χ1n) is 5.06. The van der Waals surface area contributed by atoms with Crippen LogP contribution < -0.4 is 4.72 Å². The molecular formula is C9H21NO3S.